The summed E-state index contributed by atoms with van der Waals surface area (Å²) in [5.74, 6) is -0.492. The van der Waals surface area contributed by atoms with Gasteiger partial charge < -0.3 is 14.6 Å². The fraction of sp³-hybridized carbons (Fsp3) is 0.867. The molecule has 112 valence electrons. The molecule has 1 saturated heterocycles. The van der Waals surface area contributed by atoms with Crippen molar-refractivity contribution in [2.24, 2.45) is 5.41 Å². The van der Waals surface area contributed by atoms with Gasteiger partial charge in [0, 0.05) is 19.3 Å². The first-order valence-corrected chi connectivity index (χ1v) is 7.36. The number of fused-ring (bicyclic) bond motifs is 1. The van der Waals surface area contributed by atoms with Crippen LogP contribution in [0.5, 0.6) is 0 Å². The average molecular weight is 282 g/mol. The van der Waals surface area contributed by atoms with Crippen LogP contribution in [0.4, 0.5) is 0 Å². The highest BCUT2D eigenvalue weighted by atomic mass is 16.7. The SMILES string of the molecule is CC1(C)OC[C@H](C[C@]23CCC(=O)C[C@@]2(O)CCC3=O)O1. The molecule has 1 aliphatic heterocycles. The number of ether oxygens (including phenoxy) is 2. The molecule has 20 heavy (non-hydrogen) atoms. The van der Waals surface area contributed by atoms with Gasteiger partial charge in [0.05, 0.1) is 23.7 Å². The van der Waals surface area contributed by atoms with Crippen LogP contribution in [-0.4, -0.2) is 40.8 Å². The van der Waals surface area contributed by atoms with Crippen LogP contribution in [0.1, 0.15) is 52.4 Å². The summed E-state index contributed by atoms with van der Waals surface area (Å²) in [6.45, 7) is 4.13. The average Bonchev–Trinajstić information content (AvgIpc) is 2.80. The molecule has 0 radical (unpaired) electrons. The Morgan fingerprint density at radius 1 is 1.25 bits per heavy atom. The van der Waals surface area contributed by atoms with E-state index in [0.29, 0.717) is 38.7 Å². The molecule has 5 nitrogen and oxygen atoms in total. The van der Waals surface area contributed by atoms with Gasteiger partial charge in [-0.05, 0) is 33.1 Å². The van der Waals surface area contributed by atoms with Gasteiger partial charge in [0.2, 0.25) is 0 Å². The predicted octanol–water partition coefficient (Wildman–Crippen LogP) is 1.36. The Hall–Kier alpha value is -0.780. The minimum atomic E-state index is -1.17. The molecule has 1 N–H and O–H groups in total. The number of aliphatic hydroxyl groups is 1. The number of hydrogen-bond donors (Lipinski definition) is 1. The molecule has 0 amide bonds. The molecule has 3 atom stereocenters. The molecule has 2 saturated carbocycles. The van der Waals surface area contributed by atoms with Crippen LogP contribution in [-0.2, 0) is 19.1 Å². The standard InChI is InChI=1S/C15H22O5/c1-13(2)19-9-11(20-13)8-14-5-3-10(16)7-15(14,18)6-4-12(14)17/h11,18H,3-9H2,1-2H3/t11-,14-,15-/m0/s1. The van der Waals surface area contributed by atoms with E-state index in [2.05, 4.69) is 0 Å². The molecular formula is C15H22O5. The van der Waals surface area contributed by atoms with Crippen LogP contribution in [0.25, 0.3) is 0 Å². The summed E-state index contributed by atoms with van der Waals surface area (Å²) >= 11 is 0. The maximum atomic E-state index is 12.4. The van der Waals surface area contributed by atoms with E-state index in [9.17, 15) is 14.7 Å². The van der Waals surface area contributed by atoms with E-state index < -0.39 is 16.8 Å². The predicted molar refractivity (Wildman–Crippen MR) is 70.0 cm³/mol. The summed E-state index contributed by atoms with van der Waals surface area (Å²) in [7, 11) is 0. The third-order valence-electron chi connectivity index (χ3n) is 5.15. The van der Waals surface area contributed by atoms with Crippen LogP contribution >= 0.6 is 0 Å². The van der Waals surface area contributed by atoms with E-state index in [1.807, 2.05) is 13.8 Å². The molecule has 0 aromatic rings. The monoisotopic (exact) mass is 282 g/mol. The number of Topliss-reactive ketones (excluding diaryl/α,β-unsaturated/α-hetero) is 2. The van der Waals surface area contributed by atoms with Crippen molar-refractivity contribution < 1.29 is 24.2 Å². The topological polar surface area (TPSA) is 72.8 Å². The first-order chi connectivity index (χ1) is 9.26. The zero-order valence-corrected chi connectivity index (χ0v) is 12.1. The number of hydrogen-bond acceptors (Lipinski definition) is 5. The Kier molecular flexibility index (Phi) is 3.09. The molecule has 0 unspecified atom stereocenters. The Morgan fingerprint density at radius 2 is 2.00 bits per heavy atom. The minimum absolute atomic E-state index is 0.0572. The summed E-state index contributed by atoms with van der Waals surface area (Å²) in [4.78, 5) is 24.1. The second-order valence-corrected chi connectivity index (χ2v) is 6.91. The molecule has 2 aliphatic carbocycles. The summed E-state index contributed by atoms with van der Waals surface area (Å²) in [6.07, 6.45) is 1.96. The molecule has 3 aliphatic rings. The third kappa shape index (κ3) is 2.03. The van der Waals surface area contributed by atoms with Crippen molar-refractivity contribution in [3.05, 3.63) is 0 Å². The lowest BCUT2D eigenvalue weighted by molar-refractivity contribution is -0.166. The number of ketones is 2. The van der Waals surface area contributed by atoms with E-state index in [4.69, 9.17) is 9.47 Å². The van der Waals surface area contributed by atoms with Gasteiger partial charge in [-0.3, -0.25) is 9.59 Å². The van der Waals surface area contributed by atoms with Gasteiger partial charge in [-0.1, -0.05) is 0 Å². The Balaban J connectivity index is 1.84. The van der Waals surface area contributed by atoms with Crippen molar-refractivity contribution in [1.82, 2.24) is 0 Å². The van der Waals surface area contributed by atoms with Crippen molar-refractivity contribution in [1.29, 1.82) is 0 Å². The van der Waals surface area contributed by atoms with Gasteiger partial charge in [-0.15, -0.1) is 0 Å². The van der Waals surface area contributed by atoms with Gasteiger partial charge in [0.15, 0.2) is 5.79 Å². The van der Waals surface area contributed by atoms with E-state index in [0.717, 1.165) is 0 Å². The van der Waals surface area contributed by atoms with Crippen LogP contribution in [0.15, 0.2) is 0 Å². The molecule has 3 rings (SSSR count). The van der Waals surface area contributed by atoms with E-state index in [1.54, 1.807) is 0 Å². The van der Waals surface area contributed by atoms with Crippen LogP contribution in [0.2, 0.25) is 0 Å². The van der Waals surface area contributed by atoms with Crippen molar-refractivity contribution in [3.8, 4) is 0 Å². The number of rotatable bonds is 2. The zero-order valence-electron chi connectivity index (χ0n) is 12.1. The maximum Gasteiger partial charge on any atom is 0.163 e. The Bertz CT molecular complexity index is 457. The van der Waals surface area contributed by atoms with Crippen molar-refractivity contribution in [3.63, 3.8) is 0 Å². The summed E-state index contributed by atoms with van der Waals surface area (Å²) in [5, 5.41) is 10.9. The highest BCUT2D eigenvalue weighted by Crippen LogP contribution is 2.55. The second kappa shape index (κ2) is 4.36. The smallest absolute Gasteiger partial charge is 0.163 e. The van der Waals surface area contributed by atoms with Crippen LogP contribution in [0, 0.1) is 5.41 Å². The fourth-order valence-corrected chi connectivity index (χ4v) is 4.11. The fourth-order valence-electron chi connectivity index (χ4n) is 4.11. The largest absolute Gasteiger partial charge is 0.388 e. The molecule has 1 heterocycles. The first kappa shape index (κ1) is 14.2. The second-order valence-electron chi connectivity index (χ2n) is 6.91. The first-order valence-electron chi connectivity index (χ1n) is 7.36. The number of carbonyl (C=O) groups is 2. The molecule has 5 heteroatoms. The summed E-state index contributed by atoms with van der Waals surface area (Å²) < 4.78 is 11.4. The summed E-state index contributed by atoms with van der Waals surface area (Å²) in [6, 6.07) is 0. The van der Waals surface area contributed by atoms with Gasteiger partial charge in [0.1, 0.15) is 11.6 Å². The minimum Gasteiger partial charge on any atom is -0.388 e. The van der Waals surface area contributed by atoms with E-state index in [-0.39, 0.29) is 24.1 Å². The molecule has 0 aromatic carbocycles. The van der Waals surface area contributed by atoms with E-state index >= 15 is 0 Å². The molecule has 3 fully saturated rings. The van der Waals surface area contributed by atoms with Crippen LogP contribution < -0.4 is 0 Å². The highest BCUT2D eigenvalue weighted by molar-refractivity contribution is 5.93. The normalized spacial score (nSPS) is 43.9. The molecular weight excluding hydrogens is 260 g/mol. The lowest BCUT2D eigenvalue weighted by Crippen LogP contribution is -2.53. The van der Waals surface area contributed by atoms with Crippen molar-refractivity contribution in [2.75, 3.05) is 6.61 Å². The highest BCUT2D eigenvalue weighted by Gasteiger charge is 2.62. The van der Waals surface area contributed by atoms with Crippen LogP contribution in [0.3, 0.4) is 0 Å². The summed E-state index contributed by atoms with van der Waals surface area (Å²) in [5.41, 5.74) is -1.98. The molecule has 0 aromatic heterocycles. The van der Waals surface area contributed by atoms with Gasteiger partial charge in [-0.25, -0.2) is 0 Å². The lowest BCUT2D eigenvalue weighted by atomic mass is 9.61. The van der Waals surface area contributed by atoms with E-state index in [1.165, 1.54) is 0 Å². The zero-order chi connectivity index (χ0) is 14.6. The van der Waals surface area contributed by atoms with Crippen molar-refractivity contribution >= 4 is 11.6 Å². The van der Waals surface area contributed by atoms with Gasteiger partial charge in [0.25, 0.3) is 0 Å². The van der Waals surface area contributed by atoms with Gasteiger partial charge >= 0.3 is 0 Å². The molecule has 0 spiro atoms. The Morgan fingerprint density at radius 3 is 2.65 bits per heavy atom. The van der Waals surface area contributed by atoms with Crippen molar-refractivity contribution in [2.45, 2.75) is 69.9 Å². The Labute approximate surface area is 118 Å². The quantitative estimate of drug-likeness (QED) is 0.828. The van der Waals surface area contributed by atoms with Gasteiger partial charge in [-0.2, -0.15) is 0 Å². The molecule has 0 bridgehead atoms. The third-order valence-corrected chi connectivity index (χ3v) is 5.15. The maximum absolute atomic E-state index is 12.4. The lowest BCUT2D eigenvalue weighted by Gasteiger charge is -2.45. The number of carbonyl (C=O) groups excluding carboxylic acids is 2.